The van der Waals surface area contributed by atoms with Gasteiger partial charge in [-0.3, -0.25) is 9.59 Å². The van der Waals surface area contributed by atoms with E-state index in [0.717, 1.165) is 18.7 Å². The maximum Gasteiger partial charge on any atom is 0.308 e. The Morgan fingerprint density at radius 1 is 1.42 bits per heavy atom. The number of aromatic nitrogens is 2. The van der Waals surface area contributed by atoms with Crippen molar-refractivity contribution >= 4 is 11.9 Å². The molecular formula is C17H27N3O4. The Labute approximate surface area is 142 Å². The summed E-state index contributed by atoms with van der Waals surface area (Å²) in [4.78, 5) is 27.8. The molecule has 0 bridgehead atoms. The van der Waals surface area contributed by atoms with Gasteiger partial charge in [-0.25, -0.2) is 4.98 Å². The average molecular weight is 337 g/mol. The largest absolute Gasteiger partial charge is 0.481 e. The van der Waals surface area contributed by atoms with Crippen LogP contribution in [0.3, 0.4) is 0 Å². The smallest absolute Gasteiger partial charge is 0.308 e. The second kappa shape index (κ2) is 8.82. The fourth-order valence-corrected chi connectivity index (χ4v) is 3.12. The first kappa shape index (κ1) is 18.4. The SMILES string of the molecule is CC(C)c1nccn1CCC(=O)NCC(C(=O)O)C1CCOCC1. The highest BCUT2D eigenvalue weighted by atomic mass is 16.5. The van der Waals surface area contributed by atoms with Gasteiger partial charge in [0, 0.05) is 51.0 Å². The maximum absolute atomic E-state index is 12.1. The molecule has 1 aliphatic rings. The summed E-state index contributed by atoms with van der Waals surface area (Å²) in [6.07, 6.45) is 5.39. The van der Waals surface area contributed by atoms with E-state index in [1.807, 2.05) is 10.8 Å². The van der Waals surface area contributed by atoms with Crippen LogP contribution in [0.2, 0.25) is 0 Å². The van der Waals surface area contributed by atoms with Crippen LogP contribution in [-0.2, 0) is 20.9 Å². The summed E-state index contributed by atoms with van der Waals surface area (Å²) >= 11 is 0. The van der Waals surface area contributed by atoms with Crippen molar-refractivity contribution in [3.05, 3.63) is 18.2 Å². The second-order valence-corrected chi connectivity index (χ2v) is 6.58. The molecule has 1 saturated heterocycles. The Morgan fingerprint density at radius 3 is 2.75 bits per heavy atom. The molecule has 7 heteroatoms. The highest BCUT2D eigenvalue weighted by Crippen LogP contribution is 2.23. The van der Waals surface area contributed by atoms with E-state index in [9.17, 15) is 14.7 Å². The molecule has 134 valence electrons. The topological polar surface area (TPSA) is 93.5 Å². The number of carboxylic acids is 1. The number of hydrogen-bond donors (Lipinski definition) is 2. The van der Waals surface area contributed by atoms with Gasteiger partial charge in [0.15, 0.2) is 0 Å². The highest BCUT2D eigenvalue weighted by molar-refractivity contribution is 5.77. The number of rotatable bonds is 8. The van der Waals surface area contributed by atoms with Gasteiger partial charge < -0.3 is 19.7 Å². The van der Waals surface area contributed by atoms with Crippen LogP contribution in [-0.4, -0.2) is 46.3 Å². The first-order valence-corrected chi connectivity index (χ1v) is 8.57. The van der Waals surface area contributed by atoms with E-state index in [1.165, 1.54) is 0 Å². The molecular weight excluding hydrogens is 310 g/mol. The van der Waals surface area contributed by atoms with Crippen molar-refractivity contribution < 1.29 is 19.4 Å². The number of nitrogens with zero attached hydrogens (tertiary/aromatic N) is 2. The molecule has 24 heavy (non-hydrogen) atoms. The van der Waals surface area contributed by atoms with Crippen molar-refractivity contribution in [2.45, 2.75) is 45.6 Å². The quantitative estimate of drug-likeness (QED) is 0.752. The number of carbonyl (C=O) groups excluding carboxylic acids is 1. The number of aliphatic carboxylic acids is 1. The summed E-state index contributed by atoms with van der Waals surface area (Å²) in [6, 6.07) is 0. The summed E-state index contributed by atoms with van der Waals surface area (Å²) in [6.45, 7) is 6.05. The average Bonchev–Trinajstić information content (AvgIpc) is 3.02. The molecule has 2 N–H and O–H groups in total. The number of carboxylic acid groups (broad SMARTS) is 1. The zero-order valence-electron chi connectivity index (χ0n) is 14.4. The lowest BCUT2D eigenvalue weighted by molar-refractivity contribution is -0.145. The maximum atomic E-state index is 12.1. The first-order valence-electron chi connectivity index (χ1n) is 8.57. The number of carbonyl (C=O) groups is 2. The third-order valence-electron chi connectivity index (χ3n) is 4.52. The van der Waals surface area contributed by atoms with E-state index >= 15 is 0 Å². The van der Waals surface area contributed by atoms with Crippen molar-refractivity contribution in [3.8, 4) is 0 Å². The predicted octanol–water partition coefficient (Wildman–Crippen LogP) is 1.64. The number of ether oxygens (including phenoxy) is 1. The standard InChI is InChI=1S/C17H27N3O4/c1-12(2)16-18-6-8-20(16)7-3-15(21)19-11-14(17(22)23)13-4-9-24-10-5-13/h6,8,12-14H,3-5,7,9-11H2,1-2H3,(H,19,21)(H,22,23). The third kappa shape index (κ3) is 5.06. The fourth-order valence-electron chi connectivity index (χ4n) is 3.12. The molecule has 0 aromatic carbocycles. The van der Waals surface area contributed by atoms with Gasteiger partial charge in [0.2, 0.25) is 5.91 Å². The second-order valence-electron chi connectivity index (χ2n) is 6.58. The van der Waals surface area contributed by atoms with Crippen LogP contribution in [0.5, 0.6) is 0 Å². The minimum atomic E-state index is -0.848. The van der Waals surface area contributed by atoms with Crippen molar-refractivity contribution in [1.29, 1.82) is 0 Å². The minimum Gasteiger partial charge on any atom is -0.481 e. The highest BCUT2D eigenvalue weighted by Gasteiger charge is 2.29. The van der Waals surface area contributed by atoms with Crippen LogP contribution in [0.25, 0.3) is 0 Å². The van der Waals surface area contributed by atoms with Gasteiger partial charge in [0.25, 0.3) is 0 Å². The number of amides is 1. The fraction of sp³-hybridized carbons (Fsp3) is 0.706. The van der Waals surface area contributed by atoms with Crippen LogP contribution >= 0.6 is 0 Å². The van der Waals surface area contributed by atoms with Gasteiger partial charge in [-0.15, -0.1) is 0 Å². The first-order chi connectivity index (χ1) is 11.5. The summed E-state index contributed by atoms with van der Waals surface area (Å²) < 4.78 is 7.25. The monoisotopic (exact) mass is 337 g/mol. The molecule has 2 heterocycles. The normalized spacial score (nSPS) is 17.0. The van der Waals surface area contributed by atoms with Gasteiger partial charge in [0.05, 0.1) is 5.92 Å². The molecule has 2 rings (SSSR count). The van der Waals surface area contributed by atoms with Crippen LogP contribution in [0, 0.1) is 11.8 Å². The summed E-state index contributed by atoms with van der Waals surface area (Å²) in [5, 5.41) is 12.2. The summed E-state index contributed by atoms with van der Waals surface area (Å²) in [7, 11) is 0. The Kier molecular flexibility index (Phi) is 6.78. The minimum absolute atomic E-state index is 0.0674. The molecule has 1 aliphatic heterocycles. The molecule has 0 spiro atoms. The lowest BCUT2D eigenvalue weighted by atomic mass is 9.86. The van der Waals surface area contributed by atoms with E-state index in [2.05, 4.69) is 24.1 Å². The molecule has 7 nitrogen and oxygen atoms in total. The molecule has 1 aromatic heterocycles. The third-order valence-corrected chi connectivity index (χ3v) is 4.52. The molecule has 0 aliphatic carbocycles. The molecule has 0 saturated carbocycles. The van der Waals surface area contributed by atoms with Gasteiger partial charge >= 0.3 is 5.97 Å². The van der Waals surface area contributed by atoms with Crippen LogP contribution < -0.4 is 5.32 Å². The Morgan fingerprint density at radius 2 is 2.12 bits per heavy atom. The zero-order valence-corrected chi connectivity index (χ0v) is 14.4. The van der Waals surface area contributed by atoms with Crippen molar-refractivity contribution in [3.63, 3.8) is 0 Å². The van der Waals surface area contributed by atoms with Crippen molar-refractivity contribution in [2.24, 2.45) is 11.8 Å². The molecule has 1 atom stereocenters. The molecule has 1 aromatic rings. The van der Waals surface area contributed by atoms with Crippen molar-refractivity contribution in [2.75, 3.05) is 19.8 Å². The van der Waals surface area contributed by atoms with E-state index in [4.69, 9.17) is 4.74 Å². The zero-order chi connectivity index (χ0) is 17.5. The predicted molar refractivity (Wildman–Crippen MR) is 88.6 cm³/mol. The molecule has 1 amide bonds. The van der Waals surface area contributed by atoms with Crippen molar-refractivity contribution in [1.82, 2.24) is 14.9 Å². The number of nitrogens with one attached hydrogen (secondary N) is 1. The van der Waals surface area contributed by atoms with Crippen LogP contribution in [0.1, 0.15) is 44.9 Å². The lowest BCUT2D eigenvalue weighted by Gasteiger charge is -2.27. The Hall–Kier alpha value is -1.89. The van der Waals surface area contributed by atoms with Gasteiger partial charge in [-0.05, 0) is 18.8 Å². The Balaban J connectivity index is 1.80. The van der Waals surface area contributed by atoms with Gasteiger partial charge in [-0.1, -0.05) is 13.8 Å². The molecule has 1 unspecified atom stereocenters. The number of aryl methyl sites for hydroxylation is 1. The number of hydrogen-bond acceptors (Lipinski definition) is 4. The van der Waals surface area contributed by atoms with E-state index in [0.29, 0.717) is 32.1 Å². The van der Waals surface area contributed by atoms with Crippen LogP contribution in [0.15, 0.2) is 12.4 Å². The molecule has 1 fully saturated rings. The van der Waals surface area contributed by atoms with E-state index < -0.39 is 11.9 Å². The Bertz CT molecular complexity index is 550. The number of imidazole rings is 1. The van der Waals surface area contributed by atoms with E-state index in [-0.39, 0.29) is 18.4 Å². The summed E-state index contributed by atoms with van der Waals surface area (Å²) in [5.74, 6) is -0.202. The summed E-state index contributed by atoms with van der Waals surface area (Å²) in [5.41, 5.74) is 0. The van der Waals surface area contributed by atoms with Gasteiger partial charge in [-0.2, -0.15) is 0 Å². The molecule has 0 radical (unpaired) electrons. The van der Waals surface area contributed by atoms with Gasteiger partial charge in [0.1, 0.15) is 5.82 Å². The van der Waals surface area contributed by atoms with E-state index in [1.54, 1.807) is 6.20 Å². The lowest BCUT2D eigenvalue weighted by Crippen LogP contribution is -2.39. The van der Waals surface area contributed by atoms with Crippen LogP contribution in [0.4, 0.5) is 0 Å².